The summed E-state index contributed by atoms with van der Waals surface area (Å²) < 4.78 is 0. The van der Waals surface area contributed by atoms with E-state index in [2.05, 4.69) is 42.5 Å². The van der Waals surface area contributed by atoms with Crippen LogP contribution in [0.4, 0.5) is 0 Å². The molecule has 0 aliphatic heterocycles. The average Bonchev–Trinajstić information content (AvgIpc) is 3.19. The molecule has 0 fully saturated rings. The quantitative estimate of drug-likeness (QED) is 0.177. The highest BCUT2D eigenvalue weighted by atomic mass is 15.0. The number of pyridine rings is 3. The van der Waals surface area contributed by atoms with E-state index in [1.165, 1.54) is 0 Å². The topological polar surface area (TPSA) is 77.3 Å². The highest BCUT2D eigenvalue weighted by Gasteiger charge is 2.16. The lowest BCUT2D eigenvalue weighted by Crippen LogP contribution is -2.00. The molecule has 6 nitrogen and oxygen atoms in total. The SMILES string of the molecule is c1ccc(-c2cc(-c3ccc(-c4nc(-c5ccccc5)nc(-c5ccccc5)n4)cn3)nc(-c3ncccc3-c3ccccc3)c2)cc1. The predicted octanol–water partition coefficient (Wildman–Crippen LogP) is 9.73. The summed E-state index contributed by atoms with van der Waals surface area (Å²) in [5, 5.41) is 0. The van der Waals surface area contributed by atoms with Crippen LogP contribution < -0.4 is 0 Å². The van der Waals surface area contributed by atoms with Crippen molar-refractivity contribution in [3.8, 4) is 79.2 Å². The highest BCUT2D eigenvalue weighted by Crippen LogP contribution is 2.34. The maximum absolute atomic E-state index is 5.13. The molecule has 0 radical (unpaired) electrons. The number of rotatable bonds is 7. The molecule has 0 aliphatic rings. The first-order chi connectivity index (χ1) is 23.8. The van der Waals surface area contributed by atoms with E-state index in [9.17, 15) is 0 Å². The van der Waals surface area contributed by atoms with E-state index in [0.717, 1.165) is 61.7 Å². The van der Waals surface area contributed by atoms with Crippen LogP contribution in [0.2, 0.25) is 0 Å². The van der Waals surface area contributed by atoms with Crippen LogP contribution in [0.5, 0.6) is 0 Å². The van der Waals surface area contributed by atoms with Crippen LogP contribution in [0.15, 0.2) is 170 Å². The number of hydrogen-bond donors (Lipinski definition) is 0. The first-order valence-electron chi connectivity index (χ1n) is 15.7. The minimum Gasteiger partial charge on any atom is -0.254 e. The molecule has 0 aliphatic carbocycles. The predicted molar refractivity (Wildman–Crippen MR) is 191 cm³/mol. The van der Waals surface area contributed by atoms with Crippen LogP contribution in [0.25, 0.3) is 79.2 Å². The maximum atomic E-state index is 5.13. The minimum absolute atomic E-state index is 0.550. The van der Waals surface area contributed by atoms with Crippen LogP contribution in [0, 0.1) is 0 Å². The van der Waals surface area contributed by atoms with Crippen LogP contribution in [-0.4, -0.2) is 29.9 Å². The van der Waals surface area contributed by atoms with E-state index in [1.807, 2.05) is 121 Å². The Hall–Kier alpha value is -6.66. The average molecular weight is 617 g/mol. The lowest BCUT2D eigenvalue weighted by molar-refractivity contribution is 1.07. The Kier molecular flexibility index (Phi) is 7.79. The van der Waals surface area contributed by atoms with Crippen molar-refractivity contribution in [3.05, 3.63) is 170 Å². The summed E-state index contributed by atoms with van der Waals surface area (Å²) in [6.45, 7) is 0. The normalized spacial score (nSPS) is 10.9. The first kappa shape index (κ1) is 28.8. The summed E-state index contributed by atoms with van der Waals surface area (Å²) in [6.07, 6.45) is 3.62. The summed E-state index contributed by atoms with van der Waals surface area (Å²) in [4.78, 5) is 29.4. The van der Waals surface area contributed by atoms with Crippen molar-refractivity contribution in [1.82, 2.24) is 29.9 Å². The fourth-order valence-electron chi connectivity index (χ4n) is 5.66. The Morgan fingerprint density at radius 2 is 0.833 bits per heavy atom. The van der Waals surface area contributed by atoms with E-state index < -0.39 is 0 Å². The molecule has 4 aromatic carbocycles. The summed E-state index contributed by atoms with van der Waals surface area (Å²) >= 11 is 0. The molecule has 0 saturated carbocycles. The van der Waals surface area contributed by atoms with Gasteiger partial charge in [-0.1, -0.05) is 127 Å². The number of aromatic nitrogens is 6. The van der Waals surface area contributed by atoms with Gasteiger partial charge in [-0.05, 0) is 47.0 Å². The van der Waals surface area contributed by atoms with Gasteiger partial charge in [-0.25, -0.2) is 19.9 Å². The molecular formula is C42H28N6. The van der Waals surface area contributed by atoms with Gasteiger partial charge in [0, 0.05) is 34.6 Å². The molecule has 4 aromatic heterocycles. The summed E-state index contributed by atoms with van der Waals surface area (Å²) in [7, 11) is 0. The fraction of sp³-hybridized carbons (Fsp3) is 0. The van der Waals surface area contributed by atoms with Gasteiger partial charge in [-0.2, -0.15) is 0 Å². The summed E-state index contributed by atoms with van der Waals surface area (Å²) in [6, 6.07) is 52.7. The molecule has 226 valence electrons. The van der Waals surface area contributed by atoms with Gasteiger partial charge in [0.2, 0.25) is 0 Å². The van der Waals surface area contributed by atoms with Crippen molar-refractivity contribution in [1.29, 1.82) is 0 Å². The Labute approximate surface area is 278 Å². The molecule has 0 unspecified atom stereocenters. The molecule has 0 amide bonds. The lowest BCUT2D eigenvalue weighted by atomic mass is 9.98. The van der Waals surface area contributed by atoms with Gasteiger partial charge in [-0.3, -0.25) is 9.97 Å². The van der Waals surface area contributed by atoms with E-state index in [1.54, 1.807) is 6.20 Å². The molecule has 0 atom stereocenters. The Bertz CT molecular complexity index is 2250. The standard InChI is InChI=1S/C42H28N6/c1-5-14-29(15-6-1)34-26-37(45-38(27-34)39-35(22-13-25-43-39)30-16-7-2-8-17-30)36-24-23-33(28-44-36)42-47-40(31-18-9-3-10-19-31)46-41(48-42)32-20-11-4-12-21-32/h1-28H. The maximum Gasteiger partial charge on any atom is 0.165 e. The second-order valence-corrected chi connectivity index (χ2v) is 11.2. The fourth-order valence-corrected chi connectivity index (χ4v) is 5.66. The van der Waals surface area contributed by atoms with Crippen LogP contribution in [0.1, 0.15) is 0 Å². The van der Waals surface area contributed by atoms with Gasteiger partial charge in [0.05, 0.1) is 22.8 Å². The summed E-state index contributed by atoms with van der Waals surface area (Å²) in [5.41, 5.74) is 9.90. The smallest absolute Gasteiger partial charge is 0.165 e. The van der Waals surface area contributed by atoms with Crippen molar-refractivity contribution in [3.63, 3.8) is 0 Å². The molecule has 4 heterocycles. The Morgan fingerprint density at radius 1 is 0.312 bits per heavy atom. The molecular weight excluding hydrogens is 589 g/mol. The first-order valence-corrected chi connectivity index (χ1v) is 15.7. The Morgan fingerprint density at radius 3 is 1.40 bits per heavy atom. The largest absolute Gasteiger partial charge is 0.254 e. The molecule has 0 N–H and O–H groups in total. The van der Waals surface area contributed by atoms with E-state index in [0.29, 0.717) is 17.5 Å². The third-order valence-corrected chi connectivity index (χ3v) is 8.05. The van der Waals surface area contributed by atoms with Crippen LogP contribution in [-0.2, 0) is 0 Å². The van der Waals surface area contributed by atoms with Crippen molar-refractivity contribution < 1.29 is 0 Å². The second-order valence-electron chi connectivity index (χ2n) is 11.2. The zero-order valence-electron chi connectivity index (χ0n) is 25.8. The third-order valence-electron chi connectivity index (χ3n) is 8.05. The monoisotopic (exact) mass is 616 g/mol. The van der Waals surface area contributed by atoms with Gasteiger partial charge in [0.25, 0.3) is 0 Å². The number of nitrogens with zero attached hydrogens (tertiary/aromatic N) is 6. The Balaban J connectivity index is 1.23. The van der Waals surface area contributed by atoms with Gasteiger partial charge >= 0.3 is 0 Å². The lowest BCUT2D eigenvalue weighted by Gasteiger charge is -2.13. The number of benzene rings is 4. The molecule has 6 heteroatoms. The van der Waals surface area contributed by atoms with E-state index in [4.69, 9.17) is 29.9 Å². The molecule has 8 rings (SSSR count). The van der Waals surface area contributed by atoms with E-state index >= 15 is 0 Å². The minimum atomic E-state index is 0.550. The van der Waals surface area contributed by atoms with Crippen LogP contribution in [0.3, 0.4) is 0 Å². The third kappa shape index (κ3) is 5.98. The molecule has 0 bridgehead atoms. The van der Waals surface area contributed by atoms with Crippen molar-refractivity contribution in [2.45, 2.75) is 0 Å². The van der Waals surface area contributed by atoms with Crippen molar-refractivity contribution in [2.75, 3.05) is 0 Å². The van der Waals surface area contributed by atoms with Crippen molar-refractivity contribution in [2.24, 2.45) is 0 Å². The molecule has 0 saturated heterocycles. The summed E-state index contributed by atoms with van der Waals surface area (Å²) in [5.74, 6) is 1.76. The van der Waals surface area contributed by atoms with Gasteiger partial charge in [0.1, 0.15) is 0 Å². The zero-order valence-corrected chi connectivity index (χ0v) is 25.8. The number of hydrogen-bond acceptors (Lipinski definition) is 6. The van der Waals surface area contributed by atoms with Gasteiger partial charge < -0.3 is 0 Å². The highest BCUT2D eigenvalue weighted by molar-refractivity contribution is 5.83. The second kappa shape index (κ2) is 13.0. The zero-order chi connectivity index (χ0) is 32.1. The molecule has 8 aromatic rings. The van der Waals surface area contributed by atoms with Crippen molar-refractivity contribution >= 4 is 0 Å². The van der Waals surface area contributed by atoms with Gasteiger partial charge in [-0.15, -0.1) is 0 Å². The molecule has 48 heavy (non-hydrogen) atoms. The van der Waals surface area contributed by atoms with E-state index in [-0.39, 0.29) is 0 Å². The van der Waals surface area contributed by atoms with Crippen LogP contribution >= 0.6 is 0 Å². The molecule has 0 spiro atoms. The van der Waals surface area contributed by atoms with Gasteiger partial charge in [0.15, 0.2) is 17.5 Å².